The van der Waals surface area contributed by atoms with Gasteiger partial charge in [-0.1, -0.05) is 0 Å². The predicted octanol–water partition coefficient (Wildman–Crippen LogP) is 0.408. The Morgan fingerprint density at radius 2 is 1.43 bits per heavy atom. The molecule has 1 amide bonds. The van der Waals surface area contributed by atoms with Crippen molar-refractivity contribution in [3.05, 3.63) is 39.9 Å². The first kappa shape index (κ1) is 27.2. The zero-order chi connectivity index (χ0) is 26.3. The molecule has 14 nitrogen and oxygen atoms in total. The van der Waals surface area contributed by atoms with Crippen LogP contribution in [0.3, 0.4) is 0 Å². The summed E-state index contributed by atoms with van der Waals surface area (Å²) in [5.41, 5.74) is -0.258. The Bertz CT molecular complexity index is 993. The number of nitrogens with zero attached hydrogens (tertiary/aromatic N) is 1. The van der Waals surface area contributed by atoms with Gasteiger partial charge in [-0.05, 0) is 12.1 Å². The van der Waals surface area contributed by atoms with Crippen molar-refractivity contribution < 1.29 is 52.6 Å². The molecule has 1 aliphatic heterocycles. The van der Waals surface area contributed by atoms with Crippen LogP contribution >= 0.6 is 0 Å². The third-order valence-corrected chi connectivity index (χ3v) is 4.62. The van der Waals surface area contributed by atoms with Crippen molar-refractivity contribution in [2.75, 3.05) is 6.61 Å². The molecule has 0 spiro atoms. The van der Waals surface area contributed by atoms with Crippen LogP contribution in [0.25, 0.3) is 0 Å². The van der Waals surface area contributed by atoms with Crippen LogP contribution in [0.2, 0.25) is 0 Å². The molecule has 1 aliphatic rings. The van der Waals surface area contributed by atoms with Gasteiger partial charge in [-0.3, -0.25) is 34.1 Å². The van der Waals surface area contributed by atoms with Crippen LogP contribution in [-0.2, 0) is 42.9 Å². The number of rotatable bonds is 8. The van der Waals surface area contributed by atoms with Crippen LogP contribution in [0.1, 0.15) is 38.1 Å². The fourth-order valence-corrected chi connectivity index (χ4v) is 3.29. The highest BCUT2D eigenvalue weighted by Gasteiger charge is 2.52. The smallest absolute Gasteiger partial charge is 0.305 e. The lowest BCUT2D eigenvalue weighted by Gasteiger charge is -2.44. The lowest BCUT2D eigenvalue weighted by molar-refractivity contribution is -0.384. The summed E-state index contributed by atoms with van der Waals surface area (Å²) in [6, 6.07) is 3.20. The summed E-state index contributed by atoms with van der Waals surface area (Å²) in [6.45, 7) is 3.89. The molecule has 0 aliphatic carbocycles. The molecular formula is C21H24N2O12. The second kappa shape index (κ2) is 11.9. The van der Waals surface area contributed by atoms with Gasteiger partial charge in [0.25, 0.3) is 11.6 Å². The van der Waals surface area contributed by atoms with E-state index in [0.29, 0.717) is 0 Å². The Morgan fingerprint density at radius 3 is 1.91 bits per heavy atom. The van der Waals surface area contributed by atoms with Crippen molar-refractivity contribution in [1.82, 2.24) is 5.32 Å². The Hall–Kier alpha value is -4.07. The summed E-state index contributed by atoms with van der Waals surface area (Å²) in [7, 11) is 0. The summed E-state index contributed by atoms with van der Waals surface area (Å²) in [4.78, 5) is 69.8. The molecule has 14 heteroatoms. The average molecular weight is 496 g/mol. The van der Waals surface area contributed by atoms with Crippen LogP contribution in [0.4, 0.5) is 5.69 Å². The molecule has 190 valence electrons. The van der Waals surface area contributed by atoms with Gasteiger partial charge in [0.05, 0.1) is 4.92 Å². The maximum Gasteiger partial charge on any atom is 0.305 e. The van der Waals surface area contributed by atoms with Crippen molar-refractivity contribution in [2.45, 2.75) is 58.3 Å². The van der Waals surface area contributed by atoms with Gasteiger partial charge in [0.15, 0.2) is 12.2 Å². The third-order valence-electron chi connectivity index (χ3n) is 4.62. The average Bonchev–Trinajstić information content (AvgIpc) is 2.75. The molecule has 0 bridgehead atoms. The maximum atomic E-state index is 12.9. The Kier molecular flexibility index (Phi) is 9.22. The van der Waals surface area contributed by atoms with E-state index in [0.717, 1.165) is 39.8 Å². The lowest BCUT2D eigenvalue weighted by atomic mass is 9.95. The second-order valence-electron chi connectivity index (χ2n) is 7.41. The number of ether oxygens (including phenoxy) is 5. The number of hydrogen-bond donors (Lipinski definition) is 1. The zero-order valence-electron chi connectivity index (χ0n) is 19.2. The third kappa shape index (κ3) is 7.74. The van der Waals surface area contributed by atoms with Crippen molar-refractivity contribution in [3.63, 3.8) is 0 Å². The number of non-ortho nitro benzene ring substituents is 1. The van der Waals surface area contributed by atoms with Gasteiger partial charge in [0, 0.05) is 45.4 Å². The molecule has 35 heavy (non-hydrogen) atoms. The minimum absolute atomic E-state index is 0.00942. The SMILES string of the molecule is CC(=O)OC[C@H]1O[C@@H](OC(C)=O)[C@@H](NC(=O)c2ccc([N+](=O)[O-])cc2)[C@@H](OC(C)=O)[C@H]1OC(C)=O. The van der Waals surface area contributed by atoms with Gasteiger partial charge in [0.1, 0.15) is 18.8 Å². The van der Waals surface area contributed by atoms with Crippen LogP contribution in [-0.4, -0.2) is 72.0 Å². The number of nitro benzene ring substituents is 1. The quantitative estimate of drug-likeness (QED) is 0.226. The molecule has 5 atom stereocenters. The fourth-order valence-electron chi connectivity index (χ4n) is 3.29. The molecule has 1 aromatic carbocycles. The van der Waals surface area contributed by atoms with E-state index in [1.54, 1.807) is 0 Å². The molecule has 1 heterocycles. The molecule has 0 radical (unpaired) electrons. The molecular weight excluding hydrogens is 472 g/mol. The van der Waals surface area contributed by atoms with E-state index in [2.05, 4.69) is 5.32 Å². The zero-order valence-corrected chi connectivity index (χ0v) is 19.2. The topological polar surface area (TPSA) is 187 Å². The number of nitrogens with one attached hydrogen (secondary N) is 1. The van der Waals surface area contributed by atoms with Crippen LogP contribution in [0.15, 0.2) is 24.3 Å². The lowest BCUT2D eigenvalue weighted by Crippen LogP contribution is -2.67. The molecule has 0 saturated carbocycles. The molecule has 0 unspecified atom stereocenters. The van der Waals surface area contributed by atoms with Gasteiger partial charge in [-0.25, -0.2) is 0 Å². The number of hydrogen-bond acceptors (Lipinski definition) is 12. The van der Waals surface area contributed by atoms with Crippen molar-refractivity contribution in [1.29, 1.82) is 0 Å². The predicted molar refractivity (Wildman–Crippen MR) is 113 cm³/mol. The number of amides is 1. The maximum absolute atomic E-state index is 12.9. The number of carbonyl (C=O) groups is 5. The van der Waals surface area contributed by atoms with Gasteiger partial charge in [0.2, 0.25) is 6.29 Å². The van der Waals surface area contributed by atoms with Crippen LogP contribution in [0.5, 0.6) is 0 Å². The van der Waals surface area contributed by atoms with Crippen LogP contribution < -0.4 is 5.32 Å². The van der Waals surface area contributed by atoms with E-state index in [1.165, 1.54) is 12.1 Å². The Balaban J connectivity index is 2.44. The normalized spacial score (nSPS) is 23.4. The van der Waals surface area contributed by atoms with Crippen LogP contribution in [0, 0.1) is 10.1 Å². The molecule has 1 aromatic rings. The first-order chi connectivity index (χ1) is 16.4. The van der Waals surface area contributed by atoms with Gasteiger partial charge >= 0.3 is 23.9 Å². The highest BCUT2D eigenvalue weighted by molar-refractivity contribution is 5.94. The highest BCUT2D eigenvalue weighted by atomic mass is 16.7. The highest BCUT2D eigenvalue weighted by Crippen LogP contribution is 2.28. The minimum Gasteiger partial charge on any atom is -0.463 e. The van der Waals surface area contributed by atoms with E-state index < -0.39 is 72.0 Å². The van der Waals surface area contributed by atoms with Crippen molar-refractivity contribution >= 4 is 35.5 Å². The largest absolute Gasteiger partial charge is 0.463 e. The summed E-state index contributed by atoms with van der Waals surface area (Å²) in [6.07, 6.45) is -5.59. The van der Waals surface area contributed by atoms with Gasteiger partial charge in [-0.2, -0.15) is 0 Å². The van der Waals surface area contributed by atoms with E-state index in [9.17, 15) is 34.1 Å². The van der Waals surface area contributed by atoms with Crippen molar-refractivity contribution in [3.8, 4) is 0 Å². The van der Waals surface area contributed by atoms with E-state index in [4.69, 9.17) is 23.7 Å². The van der Waals surface area contributed by atoms with E-state index in [1.807, 2.05) is 0 Å². The molecule has 1 N–H and O–H groups in total. The Morgan fingerprint density at radius 1 is 0.886 bits per heavy atom. The van der Waals surface area contributed by atoms with E-state index >= 15 is 0 Å². The molecule has 1 saturated heterocycles. The first-order valence-electron chi connectivity index (χ1n) is 10.2. The number of benzene rings is 1. The second-order valence-corrected chi connectivity index (χ2v) is 7.41. The molecule has 0 aromatic heterocycles. The van der Waals surface area contributed by atoms with E-state index in [-0.39, 0.29) is 11.3 Å². The van der Waals surface area contributed by atoms with Crippen molar-refractivity contribution in [2.24, 2.45) is 0 Å². The number of nitro groups is 1. The summed E-state index contributed by atoms with van der Waals surface area (Å²) in [5, 5.41) is 13.4. The van der Waals surface area contributed by atoms with Gasteiger partial charge < -0.3 is 29.0 Å². The number of carbonyl (C=O) groups excluding carboxylic acids is 5. The minimum atomic E-state index is -1.55. The number of esters is 4. The Labute approximate surface area is 198 Å². The monoisotopic (exact) mass is 496 g/mol. The summed E-state index contributed by atoms with van der Waals surface area (Å²) >= 11 is 0. The van der Waals surface area contributed by atoms with Gasteiger partial charge in [-0.15, -0.1) is 0 Å². The fraction of sp³-hybridized carbons (Fsp3) is 0.476. The standard InChI is InChI=1S/C21H24N2O12/c1-10(24)31-9-16-18(32-11(2)25)19(33-12(3)26)17(21(35-16)34-13(4)27)22-20(28)14-5-7-15(8-6-14)23(29)30/h5-8,16-19,21H,9H2,1-4H3,(H,22,28)/t16-,17+,18+,19-,21-/m1/s1. The summed E-state index contributed by atoms with van der Waals surface area (Å²) in [5.74, 6) is -3.91. The molecule has 2 rings (SSSR count). The first-order valence-corrected chi connectivity index (χ1v) is 10.2. The molecule has 1 fully saturated rings. The summed E-state index contributed by atoms with van der Waals surface area (Å²) < 4.78 is 26.4.